The lowest BCUT2D eigenvalue weighted by molar-refractivity contribution is 0.0966. The summed E-state index contributed by atoms with van der Waals surface area (Å²) in [4.78, 5) is 24.9. The summed E-state index contributed by atoms with van der Waals surface area (Å²) in [6.07, 6.45) is 7.02. The van der Waals surface area contributed by atoms with E-state index in [1.165, 1.54) is 5.56 Å². The average molecular weight is 422 g/mol. The second-order valence-electron chi connectivity index (χ2n) is 8.27. The van der Waals surface area contributed by atoms with Crippen LogP contribution in [0.1, 0.15) is 27.2 Å². The van der Waals surface area contributed by atoms with Gasteiger partial charge in [-0.15, -0.1) is 0 Å². The number of benzene rings is 2. The van der Waals surface area contributed by atoms with Crippen molar-refractivity contribution in [2.24, 2.45) is 7.05 Å². The highest BCUT2D eigenvalue weighted by atomic mass is 16.5. The summed E-state index contributed by atoms with van der Waals surface area (Å²) >= 11 is 0. The molecular formula is C24H18N6O2. The van der Waals surface area contributed by atoms with E-state index < -0.39 is 0 Å². The third kappa shape index (κ3) is 2.31. The molecule has 2 N–H and O–H groups in total. The largest absolute Gasteiger partial charge is 0.424 e. The standard InChI is InChI=1S/C24H18N6O2/c1-30-11-16-18(29-30)6-4-13-19(16)21-15(10-27-23(21)31)20-14-9-12(3-5-17(14)28-22(13)20)32-24-25-7-2-8-26-24/h2-3,5,7-9,11,28H,4,6,10H2,1H3,(H,27,31). The Morgan fingerprint density at radius 1 is 1.09 bits per heavy atom. The highest BCUT2D eigenvalue weighted by Crippen LogP contribution is 2.45. The summed E-state index contributed by atoms with van der Waals surface area (Å²) in [6.45, 7) is 0.507. The van der Waals surface area contributed by atoms with Crippen molar-refractivity contribution >= 4 is 27.7 Å². The Kier molecular flexibility index (Phi) is 3.37. The van der Waals surface area contributed by atoms with Crippen LogP contribution in [0.25, 0.3) is 32.9 Å². The van der Waals surface area contributed by atoms with Gasteiger partial charge < -0.3 is 15.0 Å². The number of carbonyl (C=O) groups excluding carboxylic acids is 1. The molecule has 156 valence electrons. The summed E-state index contributed by atoms with van der Waals surface area (Å²) in [5, 5.41) is 9.77. The van der Waals surface area contributed by atoms with Crippen molar-refractivity contribution in [2.75, 3.05) is 0 Å². The monoisotopic (exact) mass is 422 g/mol. The molecule has 1 aliphatic heterocycles. The normalized spacial score (nSPS) is 14.3. The molecule has 4 heterocycles. The number of rotatable bonds is 2. The van der Waals surface area contributed by atoms with Gasteiger partial charge >= 0.3 is 6.01 Å². The SMILES string of the molecule is Cn1cc2c(n1)CCc1c-2c2c(c3c1[nH]c1ccc(Oc4ncccn4)cc13)CNC2=O. The molecule has 0 saturated carbocycles. The molecule has 8 heteroatoms. The third-order valence-corrected chi connectivity index (χ3v) is 6.42. The Balaban J connectivity index is 1.52. The number of carbonyl (C=O) groups is 1. The number of aryl methyl sites for hydroxylation is 3. The van der Waals surface area contributed by atoms with Gasteiger partial charge in [0, 0.05) is 59.6 Å². The minimum Gasteiger partial charge on any atom is -0.424 e. The molecule has 0 atom stereocenters. The van der Waals surface area contributed by atoms with E-state index in [0.717, 1.165) is 62.6 Å². The van der Waals surface area contributed by atoms with Crippen LogP contribution in [0, 0.1) is 0 Å². The van der Waals surface area contributed by atoms with Gasteiger partial charge in [-0.1, -0.05) is 0 Å². The van der Waals surface area contributed by atoms with E-state index in [-0.39, 0.29) is 5.91 Å². The van der Waals surface area contributed by atoms with E-state index in [4.69, 9.17) is 4.74 Å². The van der Waals surface area contributed by atoms with Gasteiger partial charge in [-0.05, 0) is 48.2 Å². The smallest absolute Gasteiger partial charge is 0.321 e. The first kappa shape index (κ1) is 17.5. The Labute approximate surface area is 182 Å². The average Bonchev–Trinajstić information content (AvgIpc) is 3.48. The second kappa shape index (κ2) is 6.16. The molecule has 7 rings (SSSR count). The maximum atomic E-state index is 13.0. The Morgan fingerprint density at radius 3 is 2.84 bits per heavy atom. The fourth-order valence-electron chi connectivity index (χ4n) is 5.17. The van der Waals surface area contributed by atoms with E-state index in [1.807, 2.05) is 36.1 Å². The molecule has 3 aromatic heterocycles. The van der Waals surface area contributed by atoms with E-state index in [9.17, 15) is 4.79 Å². The van der Waals surface area contributed by atoms with Gasteiger partial charge in [0.1, 0.15) is 5.75 Å². The fourth-order valence-corrected chi connectivity index (χ4v) is 5.17. The summed E-state index contributed by atoms with van der Waals surface area (Å²) in [7, 11) is 1.93. The van der Waals surface area contributed by atoms with E-state index in [1.54, 1.807) is 18.5 Å². The number of fused-ring (bicyclic) bond motifs is 10. The summed E-state index contributed by atoms with van der Waals surface area (Å²) < 4.78 is 7.71. The van der Waals surface area contributed by atoms with Crippen LogP contribution in [-0.4, -0.2) is 30.6 Å². The van der Waals surface area contributed by atoms with Crippen molar-refractivity contribution in [3.63, 3.8) is 0 Å². The van der Waals surface area contributed by atoms with Crippen LogP contribution < -0.4 is 10.1 Å². The van der Waals surface area contributed by atoms with Crippen molar-refractivity contribution in [1.82, 2.24) is 30.0 Å². The number of nitrogens with one attached hydrogen (secondary N) is 2. The number of H-pyrrole nitrogens is 1. The topological polar surface area (TPSA) is 97.7 Å². The number of aromatic nitrogens is 5. The Bertz CT molecular complexity index is 1580. The molecule has 0 bridgehead atoms. The minimum atomic E-state index is -0.0192. The van der Waals surface area contributed by atoms with Crippen LogP contribution in [-0.2, 0) is 26.4 Å². The number of nitrogens with zero attached hydrogens (tertiary/aromatic N) is 4. The van der Waals surface area contributed by atoms with Crippen LogP contribution >= 0.6 is 0 Å². The van der Waals surface area contributed by atoms with Crippen molar-refractivity contribution in [1.29, 1.82) is 0 Å². The molecule has 32 heavy (non-hydrogen) atoms. The van der Waals surface area contributed by atoms with Crippen molar-refractivity contribution in [2.45, 2.75) is 19.4 Å². The summed E-state index contributed by atoms with van der Waals surface area (Å²) in [5.41, 5.74) is 8.23. The summed E-state index contributed by atoms with van der Waals surface area (Å²) in [5.74, 6) is 0.636. The van der Waals surface area contributed by atoms with Crippen LogP contribution in [0.4, 0.5) is 0 Å². The fraction of sp³-hybridized carbons (Fsp3) is 0.167. The molecule has 1 aliphatic carbocycles. The molecule has 0 spiro atoms. The molecule has 1 amide bonds. The number of hydrogen-bond acceptors (Lipinski definition) is 5. The van der Waals surface area contributed by atoms with E-state index in [0.29, 0.717) is 18.3 Å². The quantitative estimate of drug-likeness (QED) is 0.453. The molecule has 2 aliphatic rings. The molecule has 8 nitrogen and oxygen atoms in total. The van der Waals surface area contributed by atoms with Crippen molar-refractivity contribution < 1.29 is 9.53 Å². The van der Waals surface area contributed by atoms with Gasteiger partial charge in [0.05, 0.1) is 16.8 Å². The lowest BCUT2D eigenvalue weighted by atomic mass is 9.83. The first-order valence-corrected chi connectivity index (χ1v) is 10.6. The number of hydrogen-bond donors (Lipinski definition) is 2. The van der Waals surface area contributed by atoms with Crippen molar-refractivity contribution in [3.05, 3.63) is 65.2 Å². The molecular weight excluding hydrogens is 404 g/mol. The van der Waals surface area contributed by atoms with Gasteiger partial charge in [-0.25, -0.2) is 9.97 Å². The highest BCUT2D eigenvalue weighted by Gasteiger charge is 2.34. The zero-order valence-electron chi connectivity index (χ0n) is 17.3. The van der Waals surface area contributed by atoms with Crippen LogP contribution in [0.5, 0.6) is 11.8 Å². The first-order chi connectivity index (χ1) is 15.7. The number of ether oxygens (including phenoxy) is 1. The maximum Gasteiger partial charge on any atom is 0.321 e. The van der Waals surface area contributed by atoms with Gasteiger partial charge in [0.2, 0.25) is 0 Å². The third-order valence-electron chi connectivity index (χ3n) is 6.42. The zero-order valence-corrected chi connectivity index (χ0v) is 17.3. The maximum absolute atomic E-state index is 13.0. The molecule has 0 radical (unpaired) electrons. The summed E-state index contributed by atoms with van der Waals surface area (Å²) in [6, 6.07) is 7.96. The lowest BCUT2D eigenvalue weighted by Crippen LogP contribution is -2.15. The Hall–Kier alpha value is -4.20. The number of aromatic amines is 1. The van der Waals surface area contributed by atoms with Gasteiger partial charge in [0.15, 0.2) is 0 Å². The lowest BCUT2D eigenvalue weighted by Gasteiger charge is -2.19. The van der Waals surface area contributed by atoms with E-state index >= 15 is 0 Å². The predicted octanol–water partition coefficient (Wildman–Crippen LogP) is 3.65. The zero-order chi connectivity index (χ0) is 21.4. The Morgan fingerprint density at radius 2 is 1.97 bits per heavy atom. The second-order valence-corrected chi connectivity index (χ2v) is 8.27. The molecule has 0 fully saturated rings. The van der Waals surface area contributed by atoms with Crippen molar-refractivity contribution in [3.8, 4) is 22.9 Å². The molecule has 5 aromatic rings. The van der Waals surface area contributed by atoms with Gasteiger partial charge in [-0.2, -0.15) is 5.10 Å². The van der Waals surface area contributed by atoms with Gasteiger partial charge in [-0.3, -0.25) is 9.48 Å². The van der Waals surface area contributed by atoms with Crippen LogP contribution in [0.2, 0.25) is 0 Å². The molecule has 0 unspecified atom stereocenters. The first-order valence-electron chi connectivity index (χ1n) is 10.6. The number of amides is 1. The highest BCUT2D eigenvalue weighted by molar-refractivity contribution is 6.19. The van der Waals surface area contributed by atoms with E-state index in [2.05, 4.69) is 25.4 Å². The predicted molar refractivity (Wildman–Crippen MR) is 119 cm³/mol. The van der Waals surface area contributed by atoms with Crippen LogP contribution in [0.15, 0.2) is 42.9 Å². The van der Waals surface area contributed by atoms with Gasteiger partial charge in [0.25, 0.3) is 5.91 Å². The molecule has 2 aromatic carbocycles. The minimum absolute atomic E-state index is 0.0192. The van der Waals surface area contributed by atoms with Crippen LogP contribution in [0.3, 0.4) is 0 Å². The molecule has 0 saturated heterocycles.